The Morgan fingerprint density at radius 1 is 1.33 bits per heavy atom. The number of imide groups is 1. The lowest BCUT2D eigenvalue weighted by Crippen LogP contribution is -2.36. The zero-order valence-electron chi connectivity index (χ0n) is 10.1. The highest BCUT2D eigenvalue weighted by molar-refractivity contribution is 7.90. The van der Waals surface area contributed by atoms with Crippen molar-refractivity contribution in [3.05, 3.63) is 29.3 Å². The van der Waals surface area contributed by atoms with Crippen LogP contribution in [0.15, 0.2) is 23.1 Å². The molecule has 0 aromatic heterocycles. The van der Waals surface area contributed by atoms with Gasteiger partial charge >= 0.3 is 0 Å². The highest BCUT2D eigenvalue weighted by Crippen LogP contribution is 2.32. The van der Waals surface area contributed by atoms with E-state index in [2.05, 4.69) is 0 Å². The SMILES string of the molecule is CCCC(=O)N1C(=O)c2c(C)cccc2S1(=O)=O. The molecule has 0 fully saturated rings. The smallest absolute Gasteiger partial charge is 0.273 e. The minimum Gasteiger partial charge on any atom is -0.273 e. The minimum absolute atomic E-state index is 0.0397. The molecule has 0 bridgehead atoms. The Morgan fingerprint density at radius 3 is 2.56 bits per heavy atom. The molecule has 1 aliphatic heterocycles. The number of aryl methyl sites for hydroxylation is 1. The Balaban J connectivity index is 2.62. The van der Waals surface area contributed by atoms with E-state index in [9.17, 15) is 18.0 Å². The van der Waals surface area contributed by atoms with Gasteiger partial charge in [0, 0.05) is 6.42 Å². The van der Waals surface area contributed by atoms with Gasteiger partial charge in [-0.05, 0) is 25.0 Å². The van der Waals surface area contributed by atoms with Gasteiger partial charge in [0.25, 0.3) is 15.9 Å². The summed E-state index contributed by atoms with van der Waals surface area (Å²) in [6.45, 7) is 3.41. The van der Waals surface area contributed by atoms with Crippen LogP contribution in [0.3, 0.4) is 0 Å². The molecular formula is C12H13NO4S. The number of carbonyl (C=O) groups is 2. The highest BCUT2D eigenvalue weighted by Gasteiger charge is 2.45. The Hall–Kier alpha value is -1.69. The number of carbonyl (C=O) groups excluding carboxylic acids is 2. The summed E-state index contributed by atoms with van der Waals surface area (Å²) in [7, 11) is -4.01. The molecule has 96 valence electrons. The third-order valence-corrected chi connectivity index (χ3v) is 4.59. The van der Waals surface area contributed by atoms with E-state index in [1.54, 1.807) is 26.0 Å². The Morgan fingerprint density at radius 2 is 2.00 bits per heavy atom. The third-order valence-electron chi connectivity index (χ3n) is 2.84. The molecule has 5 nitrogen and oxygen atoms in total. The number of sulfonamides is 1. The third kappa shape index (κ3) is 1.64. The summed E-state index contributed by atoms with van der Waals surface area (Å²) in [5, 5.41) is 0. The molecule has 0 saturated carbocycles. The van der Waals surface area contributed by atoms with Gasteiger partial charge in [0.1, 0.15) is 4.90 Å². The first-order valence-electron chi connectivity index (χ1n) is 5.63. The molecule has 6 heteroatoms. The van der Waals surface area contributed by atoms with E-state index in [-0.39, 0.29) is 16.9 Å². The molecule has 1 aliphatic rings. The standard InChI is InChI=1S/C12H13NO4S/c1-3-5-10(14)13-12(15)11-8(2)6-4-7-9(11)18(13,16)17/h4,6-7H,3,5H2,1-2H3. The lowest BCUT2D eigenvalue weighted by Gasteiger charge is -2.12. The van der Waals surface area contributed by atoms with Crippen LogP contribution in [0.1, 0.15) is 35.7 Å². The lowest BCUT2D eigenvalue weighted by atomic mass is 10.1. The molecule has 0 aliphatic carbocycles. The topological polar surface area (TPSA) is 71.5 Å². The largest absolute Gasteiger partial charge is 0.276 e. The van der Waals surface area contributed by atoms with E-state index in [0.29, 0.717) is 16.3 Å². The van der Waals surface area contributed by atoms with Crippen molar-refractivity contribution in [2.45, 2.75) is 31.6 Å². The van der Waals surface area contributed by atoms with Crippen molar-refractivity contribution in [3.8, 4) is 0 Å². The normalized spacial score (nSPS) is 16.8. The fourth-order valence-corrected chi connectivity index (χ4v) is 3.62. The molecule has 18 heavy (non-hydrogen) atoms. The molecule has 0 atom stereocenters. The highest BCUT2D eigenvalue weighted by atomic mass is 32.2. The van der Waals surface area contributed by atoms with Crippen LogP contribution < -0.4 is 0 Å². The first-order chi connectivity index (χ1) is 8.41. The van der Waals surface area contributed by atoms with Gasteiger partial charge in [-0.15, -0.1) is 0 Å². The van der Waals surface area contributed by atoms with Crippen molar-refractivity contribution >= 4 is 21.8 Å². The van der Waals surface area contributed by atoms with Gasteiger partial charge in [-0.25, -0.2) is 8.42 Å². The number of rotatable bonds is 2. The number of nitrogens with zero attached hydrogens (tertiary/aromatic N) is 1. The molecular weight excluding hydrogens is 254 g/mol. The van der Waals surface area contributed by atoms with Crippen LogP contribution in [0.5, 0.6) is 0 Å². The minimum atomic E-state index is -4.01. The summed E-state index contributed by atoms with van der Waals surface area (Å²) in [6.07, 6.45) is 0.533. The molecule has 0 unspecified atom stereocenters. The summed E-state index contributed by atoms with van der Waals surface area (Å²) < 4.78 is 24.7. The molecule has 1 heterocycles. The predicted molar refractivity (Wildman–Crippen MR) is 64.4 cm³/mol. The van der Waals surface area contributed by atoms with Gasteiger partial charge < -0.3 is 0 Å². The van der Waals surface area contributed by atoms with E-state index < -0.39 is 21.8 Å². The van der Waals surface area contributed by atoms with Crippen molar-refractivity contribution < 1.29 is 18.0 Å². The Bertz CT molecular complexity index is 633. The summed E-state index contributed by atoms with van der Waals surface area (Å²) in [5.74, 6) is -1.40. The van der Waals surface area contributed by atoms with Crippen molar-refractivity contribution in [1.29, 1.82) is 0 Å². The van der Waals surface area contributed by atoms with Gasteiger partial charge in [-0.3, -0.25) is 9.59 Å². The average Bonchev–Trinajstić information content (AvgIpc) is 2.48. The van der Waals surface area contributed by atoms with Gasteiger partial charge in [0.2, 0.25) is 5.91 Å². The van der Waals surface area contributed by atoms with Gasteiger partial charge in [0.15, 0.2) is 0 Å². The van der Waals surface area contributed by atoms with E-state index in [0.717, 1.165) is 0 Å². The summed E-state index contributed by atoms with van der Waals surface area (Å²) in [6, 6.07) is 4.57. The lowest BCUT2D eigenvalue weighted by molar-refractivity contribution is -0.124. The van der Waals surface area contributed by atoms with Crippen LogP contribution in [0.25, 0.3) is 0 Å². The number of hydrogen-bond donors (Lipinski definition) is 0. The second kappa shape index (κ2) is 4.20. The van der Waals surface area contributed by atoms with Crippen LogP contribution in [-0.2, 0) is 14.8 Å². The summed E-state index contributed by atoms with van der Waals surface area (Å²) >= 11 is 0. The molecule has 2 amide bonds. The van der Waals surface area contributed by atoms with Crippen LogP contribution in [0.4, 0.5) is 0 Å². The second-order valence-electron chi connectivity index (χ2n) is 4.17. The van der Waals surface area contributed by atoms with Crippen molar-refractivity contribution in [3.63, 3.8) is 0 Å². The quantitative estimate of drug-likeness (QED) is 0.813. The maximum absolute atomic E-state index is 12.1. The maximum Gasteiger partial charge on any atom is 0.276 e. The molecule has 0 saturated heterocycles. The molecule has 2 rings (SSSR count). The van der Waals surface area contributed by atoms with E-state index in [1.807, 2.05) is 0 Å². The number of amides is 2. The first-order valence-corrected chi connectivity index (χ1v) is 7.07. The fourth-order valence-electron chi connectivity index (χ4n) is 2.00. The zero-order valence-corrected chi connectivity index (χ0v) is 11.0. The molecule has 0 N–H and O–H groups in total. The van der Waals surface area contributed by atoms with Crippen molar-refractivity contribution in [2.75, 3.05) is 0 Å². The zero-order chi connectivity index (χ0) is 13.5. The second-order valence-corrected chi connectivity index (χ2v) is 5.92. The number of benzene rings is 1. The molecule has 1 aromatic carbocycles. The molecule has 0 spiro atoms. The van der Waals surface area contributed by atoms with Gasteiger partial charge in [0.05, 0.1) is 5.56 Å². The van der Waals surface area contributed by atoms with Crippen LogP contribution in [0, 0.1) is 6.92 Å². The molecule has 1 aromatic rings. The Labute approximate surface area is 105 Å². The van der Waals surface area contributed by atoms with E-state index >= 15 is 0 Å². The predicted octanol–water partition coefficient (Wildman–Crippen LogP) is 1.47. The summed E-state index contributed by atoms with van der Waals surface area (Å²) in [4.78, 5) is 23.8. The molecule has 0 radical (unpaired) electrons. The Kier molecular flexibility index (Phi) is 2.98. The van der Waals surface area contributed by atoms with E-state index in [1.165, 1.54) is 6.07 Å². The van der Waals surface area contributed by atoms with Crippen LogP contribution in [-0.4, -0.2) is 24.5 Å². The average molecular weight is 267 g/mol. The van der Waals surface area contributed by atoms with Gasteiger partial charge in [-0.2, -0.15) is 4.31 Å². The first kappa shape index (κ1) is 12.8. The van der Waals surface area contributed by atoms with Crippen LogP contribution >= 0.6 is 0 Å². The van der Waals surface area contributed by atoms with Gasteiger partial charge in [-0.1, -0.05) is 19.1 Å². The van der Waals surface area contributed by atoms with Crippen molar-refractivity contribution in [1.82, 2.24) is 4.31 Å². The maximum atomic E-state index is 12.1. The monoisotopic (exact) mass is 267 g/mol. The number of fused-ring (bicyclic) bond motifs is 1. The fraction of sp³-hybridized carbons (Fsp3) is 0.333. The van der Waals surface area contributed by atoms with E-state index in [4.69, 9.17) is 0 Å². The van der Waals surface area contributed by atoms with Crippen molar-refractivity contribution in [2.24, 2.45) is 0 Å². The summed E-state index contributed by atoms with van der Waals surface area (Å²) in [5.41, 5.74) is 0.676. The number of hydrogen-bond acceptors (Lipinski definition) is 4. The van der Waals surface area contributed by atoms with Crippen LogP contribution in [0.2, 0.25) is 0 Å².